The van der Waals surface area contributed by atoms with Crippen LogP contribution in [0.5, 0.6) is 0 Å². The van der Waals surface area contributed by atoms with Crippen LogP contribution in [0.25, 0.3) is 0 Å². The Morgan fingerprint density at radius 3 is 2.67 bits per heavy atom. The van der Waals surface area contributed by atoms with Gasteiger partial charge in [-0.15, -0.1) is 11.3 Å². The van der Waals surface area contributed by atoms with E-state index in [0.717, 1.165) is 4.88 Å². The molecular weight excluding hydrogens is 329 g/mol. The third kappa shape index (κ3) is 4.20. The van der Waals surface area contributed by atoms with E-state index in [1.54, 1.807) is 36.6 Å². The first-order valence-electron chi connectivity index (χ1n) is 6.33. The highest BCUT2D eigenvalue weighted by molar-refractivity contribution is 7.12. The van der Waals surface area contributed by atoms with Crippen molar-refractivity contribution < 1.29 is 9.53 Å². The molecule has 0 saturated carbocycles. The summed E-state index contributed by atoms with van der Waals surface area (Å²) in [5, 5.41) is 3.67. The van der Waals surface area contributed by atoms with Crippen LogP contribution in [0, 0.1) is 6.92 Å². The van der Waals surface area contributed by atoms with E-state index in [2.05, 4.69) is 5.32 Å². The molecule has 2 rings (SSSR count). The summed E-state index contributed by atoms with van der Waals surface area (Å²) >= 11 is 13.5. The standard InChI is InChI=1S/C15H15Cl2NO2S/c1-9-3-6-14(21-9)13(20-2)8-18-15(19)11-5-4-10(16)7-12(11)17/h3-7,13H,8H2,1-2H3,(H,18,19). The van der Waals surface area contributed by atoms with Crippen molar-refractivity contribution in [2.45, 2.75) is 13.0 Å². The van der Waals surface area contributed by atoms with Gasteiger partial charge in [-0.3, -0.25) is 4.79 Å². The number of hydrogen-bond acceptors (Lipinski definition) is 3. The van der Waals surface area contributed by atoms with E-state index in [0.29, 0.717) is 22.2 Å². The van der Waals surface area contributed by atoms with Crippen LogP contribution in [0.1, 0.15) is 26.2 Å². The van der Waals surface area contributed by atoms with E-state index in [4.69, 9.17) is 27.9 Å². The number of carbonyl (C=O) groups excluding carboxylic acids is 1. The summed E-state index contributed by atoms with van der Waals surface area (Å²) in [6.45, 7) is 2.42. The molecule has 1 heterocycles. The number of aryl methyl sites for hydroxylation is 1. The summed E-state index contributed by atoms with van der Waals surface area (Å²) in [5.74, 6) is -0.244. The second-order valence-electron chi connectivity index (χ2n) is 4.51. The van der Waals surface area contributed by atoms with Crippen molar-refractivity contribution in [3.05, 3.63) is 55.7 Å². The van der Waals surface area contributed by atoms with Gasteiger partial charge in [0.2, 0.25) is 0 Å². The zero-order valence-electron chi connectivity index (χ0n) is 11.7. The maximum Gasteiger partial charge on any atom is 0.252 e. The first-order chi connectivity index (χ1) is 10.0. The van der Waals surface area contributed by atoms with Gasteiger partial charge in [0.1, 0.15) is 6.10 Å². The summed E-state index contributed by atoms with van der Waals surface area (Å²) in [5.41, 5.74) is 0.401. The van der Waals surface area contributed by atoms with E-state index in [9.17, 15) is 4.79 Å². The molecule has 1 amide bonds. The van der Waals surface area contributed by atoms with Crippen LogP contribution in [-0.2, 0) is 4.74 Å². The number of halogens is 2. The van der Waals surface area contributed by atoms with E-state index in [-0.39, 0.29) is 12.0 Å². The Hall–Kier alpha value is -1.07. The molecule has 0 aliphatic heterocycles. The zero-order valence-corrected chi connectivity index (χ0v) is 14.0. The summed E-state index contributed by atoms with van der Waals surface area (Å²) in [6, 6.07) is 8.84. The Kier molecular flexibility index (Phi) is 5.65. The van der Waals surface area contributed by atoms with Crippen molar-refractivity contribution >= 4 is 40.4 Å². The molecule has 0 fully saturated rings. The molecule has 112 valence electrons. The van der Waals surface area contributed by atoms with Crippen molar-refractivity contribution in [3.8, 4) is 0 Å². The van der Waals surface area contributed by atoms with Gasteiger partial charge < -0.3 is 10.1 Å². The molecular formula is C15H15Cl2NO2S. The monoisotopic (exact) mass is 343 g/mol. The Bertz CT molecular complexity index is 642. The molecule has 1 N–H and O–H groups in total. The van der Waals surface area contributed by atoms with E-state index < -0.39 is 0 Å². The third-order valence-corrected chi connectivity index (χ3v) is 4.63. The van der Waals surface area contributed by atoms with Crippen LogP contribution in [0.4, 0.5) is 0 Å². The Balaban J connectivity index is 2.02. The van der Waals surface area contributed by atoms with Gasteiger partial charge >= 0.3 is 0 Å². The molecule has 0 radical (unpaired) electrons. The van der Waals surface area contributed by atoms with Crippen LogP contribution in [-0.4, -0.2) is 19.6 Å². The van der Waals surface area contributed by atoms with Crippen molar-refractivity contribution in [1.29, 1.82) is 0 Å². The number of carbonyl (C=O) groups is 1. The quantitative estimate of drug-likeness (QED) is 0.868. The van der Waals surface area contributed by atoms with Crippen LogP contribution in [0.15, 0.2) is 30.3 Å². The molecule has 0 saturated heterocycles. The smallest absolute Gasteiger partial charge is 0.252 e. The normalized spacial score (nSPS) is 12.2. The molecule has 1 atom stereocenters. The lowest BCUT2D eigenvalue weighted by atomic mass is 10.2. The van der Waals surface area contributed by atoms with Gasteiger partial charge in [0.05, 0.1) is 10.6 Å². The number of amides is 1. The minimum absolute atomic E-state index is 0.168. The summed E-state index contributed by atoms with van der Waals surface area (Å²) in [7, 11) is 1.63. The lowest BCUT2D eigenvalue weighted by Gasteiger charge is -2.15. The van der Waals surface area contributed by atoms with E-state index in [1.165, 1.54) is 4.88 Å². The average Bonchev–Trinajstić information content (AvgIpc) is 2.86. The van der Waals surface area contributed by atoms with Gasteiger partial charge in [0, 0.05) is 28.4 Å². The molecule has 3 nitrogen and oxygen atoms in total. The number of thiophene rings is 1. The van der Waals surface area contributed by atoms with Crippen molar-refractivity contribution in [2.75, 3.05) is 13.7 Å². The van der Waals surface area contributed by atoms with Crippen molar-refractivity contribution in [2.24, 2.45) is 0 Å². The fraction of sp³-hybridized carbons (Fsp3) is 0.267. The molecule has 1 aromatic carbocycles. The van der Waals surface area contributed by atoms with Gasteiger partial charge in [-0.05, 0) is 37.3 Å². The summed E-state index contributed by atoms with van der Waals surface area (Å²) < 4.78 is 5.43. The molecule has 2 aromatic rings. The summed E-state index contributed by atoms with van der Waals surface area (Å²) in [4.78, 5) is 14.4. The fourth-order valence-corrected chi connectivity index (χ4v) is 3.33. The highest BCUT2D eigenvalue weighted by Gasteiger charge is 2.16. The van der Waals surface area contributed by atoms with Crippen LogP contribution in [0.2, 0.25) is 10.0 Å². The number of methoxy groups -OCH3 is 1. The van der Waals surface area contributed by atoms with E-state index in [1.807, 2.05) is 19.1 Å². The highest BCUT2D eigenvalue weighted by atomic mass is 35.5. The Labute approximate surface area is 137 Å². The maximum atomic E-state index is 12.1. The van der Waals surface area contributed by atoms with Crippen molar-refractivity contribution in [1.82, 2.24) is 5.32 Å². The second-order valence-corrected chi connectivity index (χ2v) is 6.67. The number of rotatable bonds is 5. The number of nitrogens with one attached hydrogen (secondary N) is 1. The van der Waals surface area contributed by atoms with Crippen LogP contribution < -0.4 is 5.32 Å². The van der Waals surface area contributed by atoms with Gasteiger partial charge in [-0.25, -0.2) is 0 Å². The molecule has 1 unspecified atom stereocenters. The minimum Gasteiger partial charge on any atom is -0.374 e. The lowest BCUT2D eigenvalue weighted by molar-refractivity contribution is 0.0838. The Morgan fingerprint density at radius 2 is 2.10 bits per heavy atom. The average molecular weight is 344 g/mol. The largest absolute Gasteiger partial charge is 0.374 e. The third-order valence-electron chi connectivity index (χ3n) is 2.99. The fourth-order valence-electron chi connectivity index (χ4n) is 1.88. The predicted molar refractivity (Wildman–Crippen MR) is 87.6 cm³/mol. The lowest BCUT2D eigenvalue weighted by Crippen LogP contribution is -2.29. The SMILES string of the molecule is COC(CNC(=O)c1ccc(Cl)cc1Cl)c1ccc(C)s1. The van der Waals surface area contributed by atoms with Gasteiger partial charge in [-0.2, -0.15) is 0 Å². The highest BCUT2D eigenvalue weighted by Crippen LogP contribution is 2.25. The first-order valence-corrected chi connectivity index (χ1v) is 7.91. The molecule has 0 aliphatic rings. The van der Waals surface area contributed by atoms with Gasteiger partial charge in [0.15, 0.2) is 0 Å². The minimum atomic E-state index is -0.244. The molecule has 21 heavy (non-hydrogen) atoms. The van der Waals surface area contributed by atoms with Crippen molar-refractivity contribution in [3.63, 3.8) is 0 Å². The maximum absolute atomic E-state index is 12.1. The van der Waals surface area contributed by atoms with E-state index >= 15 is 0 Å². The molecule has 6 heteroatoms. The van der Waals surface area contributed by atoms with Gasteiger partial charge in [0.25, 0.3) is 5.91 Å². The van der Waals surface area contributed by atoms with Gasteiger partial charge in [-0.1, -0.05) is 23.2 Å². The van der Waals surface area contributed by atoms with Crippen LogP contribution in [0.3, 0.4) is 0 Å². The molecule has 1 aromatic heterocycles. The molecule has 0 aliphatic carbocycles. The molecule has 0 bridgehead atoms. The number of benzene rings is 1. The first kappa shape index (κ1) is 16.3. The molecule has 0 spiro atoms. The summed E-state index contributed by atoms with van der Waals surface area (Å²) in [6.07, 6.45) is -0.168. The Morgan fingerprint density at radius 1 is 1.33 bits per heavy atom. The predicted octanol–water partition coefficient (Wildman–Crippen LogP) is 4.48. The number of hydrogen-bond donors (Lipinski definition) is 1. The topological polar surface area (TPSA) is 38.3 Å². The van der Waals surface area contributed by atoms with Crippen LogP contribution >= 0.6 is 34.5 Å². The zero-order chi connectivity index (χ0) is 15.4. The number of ether oxygens (including phenoxy) is 1. The second kappa shape index (κ2) is 7.27.